The first-order chi connectivity index (χ1) is 10.9. The third kappa shape index (κ3) is 2.64. The van der Waals surface area contributed by atoms with E-state index in [1.165, 1.54) is 0 Å². The lowest BCUT2D eigenvalue weighted by Crippen LogP contribution is -2.64. The number of amides is 1. The van der Waals surface area contributed by atoms with Gasteiger partial charge in [-0.05, 0) is 37.9 Å². The molecule has 1 aliphatic heterocycles. The van der Waals surface area contributed by atoms with Crippen LogP contribution in [0.4, 0.5) is 0 Å². The molecule has 0 bridgehead atoms. The van der Waals surface area contributed by atoms with Crippen LogP contribution < -0.4 is 5.32 Å². The topological polar surface area (TPSA) is 92.2 Å². The van der Waals surface area contributed by atoms with Gasteiger partial charge in [0.1, 0.15) is 17.5 Å². The van der Waals surface area contributed by atoms with Gasteiger partial charge < -0.3 is 20.3 Å². The summed E-state index contributed by atoms with van der Waals surface area (Å²) in [7, 11) is 2.12. The molecular formula is C17H24N4O2. The minimum Gasteiger partial charge on any atom is -0.391 e. The van der Waals surface area contributed by atoms with Gasteiger partial charge in [0.05, 0.1) is 12.1 Å². The average Bonchev–Trinajstić information content (AvgIpc) is 3.04. The van der Waals surface area contributed by atoms with Crippen LogP contribution in [0.1, 0.15) is 42.9 Å². The molecule has 1 saturated carbocycles. The zero-order chi connectivity index (χ0) is 16.8. The van der Waals surface area contributed by atoms with Crippen molar-refractivity contribution < 1.29 is 9.90 Å². The average molecular weight is 316 g/mol. The minimum absolute atomic E-state index is 0.105. The number of nitrogens with zero attached hydrogens (tertiary/aromatic N) is 2. The van der Waals surface area contributed by atoms with Gasteiger partial charge in [-0.15, -0.1) is 0 Å². The van der Waals surface area contributed by atoms with Gasteiger partial charge >= 0.3 is 0 Å². The number of likely N-dealkylation sites (tertiary alicyclic amines) is 1. The maximum absolute atomic E-state index is 12.3. The molecule has 1 spiro atoms. The van der Waals surface area contributed by atoms with Crippen molar-refractivity contribution in [1.82, 2.24) is 15.2 Å². The molecule has 2 unspecified atom stereocenters. The van der Waals surface area contributed by atoms with Gasteiger partial charge in [-0.2, -0.15) is 5.26 Å². The van der Waals surface area contributed by atoms with Crippen LogP contribution in [0, 0.1) is 22.7 Å². The Labute approximate surface area is 136 Å². The third-order valence-corrected chi connectivity index (χ3v) is 5.37. The Kier molecular flexibility index (Phi) is 3.95. The number of aromatic nitrogens is 1. The second-order valence-electron chi connectivity index (χ2n) is 7.42. The van der Waals surface area contributed by atoms with Crippen molar-refractivity contribution in [3.05, 3.63) is 23.5 Å². The Morgan fingerprint density at radius 2 is 2.26 bits per heavy atom. The summed E-state index contributed by atoms with van der Waals surface area (Å²) in [5, 5.41) is 22.2. The highest BCUT2D eigenvalue weighted by Crippen LogP contribution is 2.52. The normalized spacial score (nSPS) is 33.7. The van der Waals surface area contributed by atoms with E-state index in [1.54, 1.807) is 12.1 Å². The molecule has 6 nitrogen and oxygen atoms in total. The fourth-order valence-electron chi connectivity index (χ4n) is 4.83. The van der Waals surface area contributed by atoms with Gasteiger partial charge in [0.15, 0.2) is 0 Å². The second-order valence-corrected chi connectivity index (χ2v) is 7.42. The van der Waals surface area contributed by atoms with Crippen LogP contribution in [0.3, 0.4) is 0 Å². The van der Waals surface area contributed by atoms with E-state index in [0.29, 0.717) is 23.3 Å². The first-order valence-electron chi connectivity index (χ1n) is 8.14. The Balaban J connectivity index is 1.68. The van der Waals surface area contributed by atoms with Crippen LogP contribution in [0.5, 0.6) is 0 Å². The molecule has 1 aliphatic carbocycles. The molecule has 0 aromatic carbocycles. The van der Waals surface area contributed by atoms with E-state index in [-0.39, 0.29) is 17.4 Å². The van der Waals surface area contributed by atoms with E-state index in [1.807, 2.05) is 6.07 Å². The Morgan fingerprint density at radius 1 is 1.52 bits per heavy atom. The van der Waals surface area contributed by atoms with Crippen LogP contribution in [0.15, 0.2) is 12.1 Å². The number of aromatic amines is 1. The summed E-state index contributed by atoms with van der Waals surface area (Å²) < 4.78 is 0. The number of hydrogen-bond acceptors (Lipinski definition) is 4. The molecule has 0 radical (unpaired) electrons. The zero-order valence-corrected chi connectivity index (χ0v) is 13.8. The van der Waals surface area contributed by atoms with Crippen molar-refractivity contribution in [2.24, 2.45) is 11.3 Å². The second kappa shape index (κ2) is 5.66. The predicted octanol–water partition coefficient (Wildman–Crippen LogP) is 1.10. The highest BCUT2D eigenvalue weighted by molar-refractivity contribution is 5.92. The number of H-pyrrole nitrogens is 1. The van der Waals surface area contributed by atoms with Crippen molar-refractivity contribution in [3.63, 3.8) is 0 Å². The molecule has 23 heavy (non-hydrogen) atoms. The summed E-state index contributed by atoms with van der Waals surface area (Å²) in [6.45, 7) is 5.39. The summed E-state index contributed by atoms with van der Waals surface area (Å²) >= 11 is 0. The number of carbonyl (C=O) groups is 1. The third-order valence-electron chi connectivity index (χ3n) is 5.37. The summed E-state index contributed by atoms with van der Waals surface area (Å²) in [5.74, 6) is 0.262. The number of aliphatic hydroxyl groups excluding tert-OH is 1. The van der Waals surface area contributed by atoms with E-state index in [2.05, 4.69) is 36.1 Å². The quantitative estimate of drug-likeness (QED) is 0.778. The standard InChI is InChI=1S/C17H24N4O2/c1-10(2)15-17(9-21(15)3)6-13(14(22)7-17)20-16(23)12-5-4-11(8-18)19-12/h4-5,10,13-15,19,22H,6-7,9H2,1-3H3,(H,20,23)/t13-,14-,15?,17?/m1/s1. The predicted molar refractivity (Wildman–Crippen MR) is 85.7 cm³/mol. The zero-order valence-electron chi connectivity index (χ0n) is 13.8. The minimum atomic E-state index is -0.515. The molecular weight excluding hydrogens is 292 g/mol. The molecule has 2 fully saturated rings. The number of hydrogen-bond donors (Lipinski definition) is 3. The van der Waals surface area contributed by atoms with Crippen LogP contribution in [-0.4, -0.2) is 52.7 Å². The number of nitrogens with one attached hydrogen (secondary N) is 2. The molecule has 2 aliphatic rings. The molecule has 6 heteroatoms. The van der Waals surface area contributed by atoms with E-state index in [0.717, 1.165) is 19.4 Å². The largest absolute Gasteiger partial charge is 0.391 e. The lowest BCUT2D eigenvalue weighted by atomic mass is 9.66. The molecule has 3 rings (SSSR count). The van der Waals surface area contributed by atoms with Gasteiger partial charge in [0, 0.05) is 18.0 Å². The monoisotopic (exact) mass is 316 g/mol. The van der Waals surface area contributed by atoms with Crippen LogP contribution >= 0.6 is 0 Å². The molecule has 124 valence electrons. The van der Waals surface area contributed by atoms with Gasteiger partial charge in [-0.25, -0.2) is 0 Å². The van der Waals surface area contributed by atoms with E-state index >= 15 is 0 Å². The van der Waals surface area contributed by atoms with Crippen molar-refractivity contribution in [1.29, 1.82) is 5.26 Å². The number of aliphatic hydroxyl groups is 1. The van der Waals surface area contributed by atoms with E-state index in [4.69, 9.17) is 5.26 Å². The first-order valence-corrected chi connectivity index (χ1v) is 8.14. The summed E-state index contributed by atoms with van der Waals surface area (Å²) in [5.41, 5.74) is 0.827. The van der Waals surface area contributed by atoms with Crippen LogP contribution in [-0.2, 0) is 0 Å². The highest BCUT2D eigenvalue weighted by Gasteiger charge is 2.58. The molecule has 1 saturated heterocycles. The number of rotatable bonds is 3. The van der Waals surface area contributed by atoms with Crippen LogP contribution in [0.2, 0.25) is 0 Å². The summed E-state index contributed by atoms with van der Waals surface area (Å²) in [4.78, 5) is 17.4. The molecule has 3 N–H and O–H groups in total. The molecule has 2 heterocycles. The van der Waals surface area contributed by atoms with Crippen molar-refractivity contribution in [3.8, 4) is 6.07 Å². The molecule has 1 aromatic rings. The lowest BCUT2D eigenvalue weighted by Gasteiger charge is -2.57. The lowest BCUT2D eigenvalue weighted by molar-refractivity contribution is -0.0827. The van der Waals surface area contributed by atoms with Gasteiger partial charge in [0.2, 0.25) is 0 Å². The van der Waals surface area contributed by atoms with Crippen molar-refractivity contribution in [2.45, 2.75) is 44.9 Å². The fourth-order valence-corrected chi connectivity index (χ4v) is 4.83. The molecule has 4 atom stereocenters. The van der Waals surface area contributed by atoms with E-state index < -0.39 is 6.10 Å². The van der Waals surface area contributed by atoms with Gasteiger partial charge in [-0.3, -0.25) is 4.79 Å². The Morgan fingerprint density at radius 3 is 2.83 bits per heavy atom. The molecule has 1 aromatic heterocycles. The maximum atomic E-state index is 12.3. The summed E-state index contributed by atoms with van der Waals surface area (Å²) in [6.07, 6.45) is 1.03. The van der Waals surface area contributed by atoms with Crippen molar-refractivity contribution in [2.75, 3.05) is 13.6 Å². The van der Waals surface area contributed by atoms with Gasteiger partial charge in [-0.1, -0.05) is 13.8 Å². The Hall–Kier alpha value is -1.84. The Bertz CT molecular complexity index is 643. The van der Waals surface area contributed by atoms with Gasteiger partial charge in [0.25, 0.3) is 5.91 Å². The maximum Gasteiger partial charge on any atom is 0.268 e. The number of carbonyl (C=O) groups excluding carboxylic acids is 1. The highest BCUT2D eigenvalue weighted by atomic mass is 16.3. The SMILES string of the molecule is CC(C)C1N(C)CC12C[C@@H](O)[C@H](NC(=O)c1ccc(C#N)[nH]1)C2. The van der Waals surface area contributed by atoms with Crippen LogP contribution in [0.25, 0.3) is 0 Å². The summed E-state index contributed by atoms with van der Waals surface area (Å²) in [6, 6.07) is 5.37. The number of nitriles is 1. The fraction of sp³-hybridized carbons (Fsp3) is 0.647. The van der Waals surface area contributed by atoms with Crippen molar-refractivity contribution >= 4 is 5.91 Å². The molecule has 1 amide bonds. The van der Waals surface area contributed by atoms with E-state index in [9.17, 15) is 9.90 Å². The first kappa shape index (κ1) is 16.0. The smallest absolute Gasteiger partial charge is 0.268 e.